The summed E-state index contributed by atoms with van der Waals surface area (Å²) in [4.78, 5) is 14.1. The molecule has 0 atom stereocenters. The third kappa shape index (κ3) is 4.33. The van der Waals surface area contributed by atoms with Gasteiger partial charge in [0.25, 0.3) is 5.91 Å². The Bertz CT molecular complexity index is 582. The molecular formula is C18H22N2O2. The quantitative estimate of drug-likeness (QED) is 0.825. The SMILES string of the molecule is CCN(Cc1ccccc1)c1ccc(C(=O)NCCO)cc1. The van der Waals surface area contributed by atoms with Crippen molar-refractivity contribution in [1.82, 2.24) is 5.32 Å². The Kier molecular flexibility index (Phi) is 5.98. The van der Waals surface area contributed by atoms with Crippen molar-refractivity contribution >= 4 is 11.6 Å². The van der Waals surface area contributed by atoms with Gasteiger partial charge >= 0.3 is 0 Å². The van der Waals surface area contributed by atoms with Crippen molar-refractivity contribution in [2.75, 3.05) is 24.6 Å². The topological polar surface area (TPSA) is 52.6 Å². The van der Waals surface area contributed by atoms with E-state index in [4.69, 9.17) is 5.11 Å². The Morgan fingerprint density at radius 1 is 1.09 bits per heavy atom. The summed E-state index contributed by atoms with van der Waals surface area (Å²) in [6.07, 6.45) is 0. The lowest BCUT2D eigenvalue weighted by molar-refractivity contribution is 0.0945. The summed E-state index contributed by atoms with van der Waals surface area (Å²) in [6.45, 7) is 4.07. The molecule has 116 valence electrons. The van der Waals surface area contributed by atoms with Crippen LogP contribution in [0.1, 0.15) is 22.8 Å². The van der Waals surface area contributed by atoms with Crippen molar-refractivity contribution in [1.29, 1.82) is 0 Å². The van der Waals surface area contributed by atoms with Crippen LogP contribution in [-0.4, -0.2) is 30.7 Å². The first-order chi connectivity index (χ1) is 10.7. The Labute approximate surface area is 131 Å². The molecule has 0 aliphatic rings. The number of nitrogens with zero attached hydrogens (tertiary/aromatic N) is 1. The highest BCUT2D eigenvalue weighted by Gasteiger charge is 2.08. The summed E-state index contributed by atoms with van der Waals surface area (Å²) in [5.41, 5.74) is 2.95. The van der Waals surface area contributed by atoms with Crippen molar-refractivity contribution in [2.45, 2.75) is 13.5 Å². The van der Waals surface area contributed by atoms with E-state index in [9.17, 15) is 4.79 Å². The molecule has 0 fully saturated rings. The second-order valence-corrected chi connectivity index (χ2v) is 5.03. The number of benzene rings is 2. The van der Waals surface area contributed by atoms with E-state index in [1.165, 1.54) is 5.56 Å². The molecule has 2 N–H and O–H groups in total. The van der Waals surface area contributed by atoms with Crippen molar-refractivity contribution in [3.05, 3.63) is 65.7 Å². The molecular weight excluding hydrogens is 276 g/mol. The molecule has 0 spiro atoms. The molecule has 2 rings (SSSR count). The van der Waals surface area contributed by atoms with E-state index in [-0.39, 0.29) is 19.1 Å². The van der Waals surface area contributed by atoms with Crippen LogP contribution < -0.4 is 10.2 Å². The maximum atomic E-state index is 11.8. The predicted molar refractivity (Wildman–Crippen MR) is 89.0 cm³/mol. The smallest absolute Gasteiger partial charge is 0.251 e. The molecule has 2 aromatic carbocycles. The third-order valence-corrected chi connectivity index (χ3v) is 3.49. The van der Waals surface area contributed by atoms with E-state index in [2.05, 4.69) is 29.3 Å². The fourth-order valence-electron chi connectivity index (χ4n) is 2.28. The molecule has 0 bridgehead atoms. The Balaban J connectivity index is 2.05. The van der Waals surface area contributed by atoms with Crippen LogP contribution in [0.5, 0.6) is 0 Å². The third-order valence-electron chi connectivity index (χ3n) is 3.49. The van der Waals surface area contributed by atoms with Crippen LogP contribution in [0, 0.1) is 0 Å². The fraction of sp³-hybridized carbons (Fsp3) is 0.278. The van der Waals surface area contributed by atoms with Gasteiger partial charge in [0.1, 0.15) is 0 Å². The largest absolute Gasteiger partial charge is 0.395 e. The highest BCUT2D eigenvalue weighted by molar-refractivity contribution is 5.94. The maximum absolute atomic E-state index is 11.8. The molecule has 22 heavy (non-hydrogen) atoms. The lowest BCUT2D eigenvalue weighted by Gasteiger charge is -2.23. The molecule has 1 amide bonds. The average Bonchev–Trinajstić information content (AvgIpc) is 2.58. The molecule has 0 saturated heterocycles. The van der Waals surface area contributed by atoms with E-state index < -0.39 is 0 Å². The summed E-state index contributed by atoms with van der Waals surface area (Å²) in [6, 6.07) is 17.9. The van der Waals surface area contributed by atoms with Gasteiger partial charge in [0.2, 0.25) is 0 Å². The summed E-state index contributed by atoms with van der Waals surface area (Å²) in [5.74, 6) is -0.160. The standard InChI is InChI=1S/C18H22N2O2/c1-2-20(14-15-6-4-3-5-7-15)17-10-8-16(9-11-17)18(22)19-12-13-21/h3-11,21H,2,12-14H2,1H3,(H,19,22). The van der Waals surface area contributed by atoms with Gasteiger partial charge in [-0.2, -0.15) is 0 Å². The first-order valence-corrected chi connectivity index (χ1v) is 7.52. The number of hydrogen-bond acceptors (Lipinski definition) is 3. The number of amides is 1. The molecule has 0 aliphatic heterocycles. The summed E-state index contributed by atoms with van der Waals surface area (Å²) in [7, 11) is 0. The van der Waals surface area contributed by atoms with Crippen LogP contribution in [0.2, 0.25) is 0 Å². The van der Waals surface area contributed by atoms with Crippen LogP contribution in [0.3, 0.4) is 0 Å². The number of aliphatic hydroxyl groups excluding tert-OH is 1. The van der Waals surface area contributed by atoms with E-state index in [1.54, 1.807) is 0 Å². The molecule has 0 radical (unpaired) electrons. The van der Waals surface area contributed by atoms with Crippen molar-refractivity contribution < 1.29 is 9.90 Å². The van der Waals surface area contributed by atoms with Crippen LogP contribution in [-0.2, 0) is 6.54 Å². The molecule has 2 aromatic rings. The van der Waals surface area contributed by atoms with E-state index >= 15 is 0 Å². The normalized spacial score (nSPS) is 10.3. The molecule has 0 unspecified atom stereocenters. The van der Waals surface area contributed by atoms with E-state index in [0.717, 1.165) is 18.8 Å². The lowest BCUT2D eigenvalue weighted by Crippen LogP contribution is -2.26. The summed E-state index contributed by atoms with van der Waals surface area (Å²) >= 11 is 0. The maximum Gasteiger partial charge on any atom is 0.251 e. The summed E-state index contributed by atoms with van der Waals surface area (Å²) < 4.78 is 0. The van der Waals surface area contributed by atoms with Gasteiger partial charge in [0.15, 0.2) is 0 Å². The molecule has 0 aliphatic carbocycles. The minimum absolute atomic E-state index is 0.0511. The second-order valence-electron chi connectivity index (χ2n) is 5.03. The van der Waals surface area contributed by atoms with Gasteiger partial charge in [-0.3, -0.25) is 4.79 Å². The molecule has 0 heterocycles. The highest BCUT2D eigenvalue weighted by atomic mass is 16.3. The monoisotopic (exact) mass is 298 g/mol. The van der Waals surface area contributed by atoms with Gasteiger partial charge in [-0.1, -0.05) is 30.3 Å². The molecule has 4 heteroatoms. The van der Waals surface area contributed by atoms with E-state index in [1.807, 2.05) is 42.5 Å². The van der Waals surface area contributed by atoms with Gasteiger partial charge in [-0.25, -0.2) is 0 Å². The number of carbonyl (C=O) groups is 1. The van der Waals surface area contributed by atoms with Gasteiger partial charge < -0.3 is 15.3 Å². The first kappa shape index (κ1) is 16.0. The number of carbonyl (C=O) groups excluding carboxylic acids is 1. The van der Waals surface area contributed by atoms with Crippen molar-refractivity contribution in [3.63, 3.8) is 0 Å². The molecule has 0 aromatic heterocycles. The van der Waals surface area contributed by atoms with Crippen LogP contribution in [0.25, 0.3) is 0 Å². The zero-order valence-electron chi connectivity index (χ0n) is 12.8. The number of anilines is 1. The number of aliphatic hydroxyl groups is 1. The highest BCUT2D eigenvalue weighted by Crippen LogP contribution is 2.18. The first-order valence-electron chi connectivity index (χ1n) is 7.52. The van der Waals surface area contributed by atoms with Gasteiger partial charge in [-0.15, -0.1) is 0 Å². The van der Waals surface area contributed by atoms with Gasteiger partial charge in [-0.05, 0) is 36.8 Å². The van der Waals surface area contributed by atoms with Crippen LogP contribution in [0.15, 0.2) is 54.6 Å². The zero-order valence-corrected chi connectivity index (χ0v) is 12.8. The summed E-state index contributed by atoms with van der Waals surface area (Å²) in [5, 5.41) is 11.4. The minimum atomic E-state index is -0.160. The predicted octanol–water partition coefficient (Wildman–Crippen LogP) is 2.44. The minimum Gasteiger partial charge on any atom is -0.395 e. The number of nitrogens with one attached hydrogen (secondary N) is 1. The van der Waals surface area contributed by atoms with E-state index in [0.29, 0.717) is 5.56 Å². The number of hydrogen-bond donors (Lipinski definition) is 2. The van der Waals surface area contributed by atoms with Crippen molar-refractivity contribution in [2.24, 2.45) is 0 Å². The average molecular weight is 298 g/mol. The van der Waals surface area contributed by atoms with Crippen molar-refractivity contribution in [3.8, 4) is 0 Å². The van der Waals surface area contributed by atoms with Gasteiger partial charge in [0, 0.05) is 30.9 Å². The molecule has 4 nitrogen and oxygen atoms in total. The second kappa shape index (κ2) is 8.20. The lowest BCUT2D eigenvalue weighted by atomic mass is 10.1. The fourth-order valence-corrected chi connectivity index (χ4v) is 2.28. The zero-order chi connectivity index (χ0) is 15.8. The Morgan fingerprint density at radius 3 is 2.36 bits per heavy atom. The molecule has 0 saturated carbocycles. The van der Waals surface area contributed by atoms with Gasteiger partial charge in [0.05, 0.1) is 6.61 Å². The Hall–Kier alpha value is -2.33. The van der Waals surface area contributed by atoms with Crippen LogP contribution >= 0.6 is 0 Å². The van der Waals surface area contributed by atoms with Crippen LogP contribution in [0.4, 0.5) is 5.69 Å². The number of rotatable bonds is 7. The Morgan fingerprint density at radius 2 is 1.77 bits per heavy atom.